The zero-order valence-electron chi connectivity index (χ0n) is 13.4. The van der Waals surface area contributed by atoms with Crippen molar-refractivity contribution < 1.29 is 4.79 Å². The molecule has 1 unspecified atom stereocenters. The van der Waals surface area contributed by atoms with Crippen LogP contribution >= 0.6 is 11.3 Å². The summed E-state index contributed by atoms with van der Waals surface area (Å²) in [7, 11) is 0. The first-order valence-corrected chi connectivity index (χ1v) is 9.05. The van der Waals surface area contributed by atoms with Crippen LogP contribution in [0.25, 0.3) is 0 Å². The lowest BCUT2D eigenvalue weighted by molar-refractivity contribution is -0.0139. The van der Waals surface area contributed by atoms with E-state index in [9.17, 15) is 4.79 Å². The monoisotopic (exact) mass is 327 g/mol. The zero-order valence-corrected chi connectivity index (χ0v) is 14.2. The largest absolute Gasteiger partial charge is 0.337 e. The maximum Gasteiger partial charge on any atom is 0.253 e. The Morgan fingerprint density at radius 3 is 2.70 bits per heavy atom. The lowest BCUT2D eigenvalue weighted by Gasteiger charge is -2.50. The van der Waals surface area contributed by atoms with Gasteiger partial charge in [-0.25, -0.2) is 4.98 Å². The van der Waals surface area contributed by atoms with E-state index in [2.05, 4.69) is 22.2 Å². The molecule has 4 nitrogen and oxygen atoms in total. The van der Waals surface area contributed by atoms with Crippen molar-refractivity contribution in [3.05, 3.63) is 52.0 Å². The summed E-state index contributed by atoms with van der Waals surface area (Å²) in [6.07, 6.45) is 2.27. The van der Waals surface area contributed by atoms with Crippen molar-refractivity contribution >= 4 is 17.2 Å². The van der Waals surface area contributed by atoms with Gasteiger partial charge in [-0.1, -0.05) is 18.2 Å². The second-order valence-corrected chi connectivity index (χ2v) is 7.66. The fraction of sp³-hybridized carbons (Fsp3) is 0.444. The Bertz CT molecular complexity index is 714. The number of nitrogens with zero attached hydrogens (tertiary/aromatic N) is 3. The van der Waals surface area contributed by atoms with Gasteiger partial charge in [-0.05, 0) is 31.9 Å². The summed E-state index contributed by atoms with van der Waals surface area (Å²) in [5, 5.41) is 3.28. The lowest BCUT2D eigenvalue weighted by atomic mass is 9.83. The van der Waals surface area contributed by atoms with Gasteiger partial charge in [-0.2, -0.15) is 0 Å². The second kappa shape index (κ2) is 5.73. The topological polar surface area (TPSA) is 36.4 Å². The Balaban J connectivity index is 1.44. The Morgan fingerprint density at radius 2 is 2.04 bits per heavy atom. The van der Waals surface area contributed by atoms with Gasteiger partial charge in [-0.15, -0.1) is 11.3 Å². The average molecular weight is 327 g/mol. The zero-order chi connectivity index (χ0) is 15.9. The van der Waals surface area contributed by atoms with Crippen LogP contribution in [-0.4, -0.2) is 45.9 Å². The molecule has 1 aromatic heterocycles. The van der Waals surface area contributed by atoms with Gasteiger partial charge in [0.15, 0.2) is 0 Å². The molecule has 0 bridgehead atoms. The number of rotatable bonds is 3. The summed E-state index contributed by atoms with van der Waals surface area (Å²) in [5.74, 6) is 0.166. The molecular weight excluding hydrogens is 306 g/mol. The van der Waals surface area contributed by atoms with E-state index >= 15 is 0 Å². The number of thiazole rings is 1. The van der Waals surface area contributed by atoms with Gasteiger partial charge in [-0.3, -0.25) is 9.69 Å². The van der Waals surface area contributed by atoms with Crippen molar-refractivity contribution in [2.45, 2.75) is 31.8 Å². The summed E-state index contributed by atoms with van der Waals surface area (Å²) in [6.45, 7) is 5.79. The summed E-state index contributed by atoms with van der Waals surface area (Å²) in [4.78, 5) is 21.8. The van der Waals surface area contributed by atoms with E-state index in [1.165, 1.54) is 12.1 Å². The Morgan fingerprint density at radius 1 is 1.26 bits per heavy atom. The maximum absolute atomic E-state index is 12.6. The second-order valence-electron chi connectivity index (χ2n) is 6.60. The van der Waals surface area contributed by atoms with Crippen molar-refractivity contribution in [1.29, 1.82) is 0 Å². The molecule has 4 rings (SSSR count). The highest BCUT2D eigenvalue weighted by molar-refractivity contribution is 7.09. The fourth-order valence-corrected chi connectivity index (χ4v) is 4.37. The van der Waals surface area contributed by atoms with Crippen LogP contribution in [0.5, 0.6) is 0 Å². The van der Waals surface area contributed by atoms with Crippen molar-refractivity contribution in [2.75, 3.05) is 19.6 Å². The van der Waals surface area contributed by atoms with Crippen LogP contribution in [0.2, 0.25) is 0 Å². The maximum atomic E-state index is 12.6. The van der Waals surface area contributed by atoms with Gasteiger partial charge >= 0.3 is 0 Å². The first-order valence-electron chi connectivity index (χ1n) is 8.17. The van der Waals surface area contributed by atoms with Gasteiger partial charge in [0.05, 0.1) is 10.7 Å². The number of amides is 1. The highest BCUT2D eigenvalue weighted by Gasteiger charge is 2.50. The normalized spacial score (nSPS) is 24.1. The Labute approximate surface area is 140 Å². The molecule has 2 aromatic rings. The molecule has 2 saturated heterocycles. The minimum atomic E-state index is 0.166. The number of hydrogen-bond acceptors (Lipinski definition) is 4. The van der Waals surface area contributed by atoms with E-state index in [1.807, 2.05) is 35.2 Å². The third-order valence-corrected chi connectivity index (χ3v) is 6.00. The number of carbonyl (C=O) groups is 1. The molecule has 1 spiro atoms. The molecule has 0 aliphatic carbocycles. The molecule has 3 heterocycles. The molecule has 1 atom stereocenters. The molecule has 1 aromatic carbocycles. The third-order valence-electron chi connectivity index (χ3n) is 5.18. The minimum Gasteiger partial charge on any atom is -0.337 e. The summed E-state index contributed by atoms with van der Waals surface area (Å²) in [6, 6.07) is 9.62. The van der Waals surface area contributed by atoms with Crippen LogP contribution in [0.1, 0.15) is 33.9 Å². The standard InChI is InChI=1S/C18H21N3OS/c1-14-19-16(12-23-14)11-21-10-8-18(21)7-9-20(13-18)17(22)15-5-3-2-4-6-15/h2-6,12H,7-11,13H2,1H3. The molecule has 5 heteroatoms. The molecule has 2 aliphatic rings. The molecule has 2 fully saturated rings. The lowest BCUT2D eigenvalue weighted by Crippen LogP contribution is -2.60. The first kappa shape index (κ1) is 14.8. The number of carbonyl (C=O) groups excluding carboxylic acids is 1. The van der Waals surface area contributed by atoms with E-state index in [-0.39, 0.29) is 11.4 Å². The molecule has 120 valence electrons. The van der Waals surface area contributed by atoms with Gasteiger partial charge < -0.3 is 4.90 Å². The quantitative estimate of drug-likeness (QED) is 0.870. The van der Waals surface area contributed by atoms with Gasteiger partial charge in [0.2, 0.25) is 0 Å². The van der Waals surface area contributed by atoms with Crippen molar-refractivity contribution in [3.63, 3.8) is 0 Å². The summed E-state index contributed by atoms with van der Waals surface area (Å²) >= 11 is 1.71. The highest BCUT2D eigenvalue weighted by atomic mass is 32.1. The molecule has 0 radical (unpaired) electrons. The molecular formula is C18H21N3OS. The molecule has 0 N–H and O–H groups in total. The van der Waals surface area contributed by atoms with Crippen LogP contribution in [-0.2, 0) is 6.54 Å². The molecule has 1 amide bonds. The van der Waals surface area contributed by atoms with Gasteiger partial charge in [0.25, 0.3) is 5.91 Å². The summed E-state index contributed by atoms with van der Waals surface area (Å²) in [5.41, 5.74) is 2.15. The number of hydrogen-bond donors (Lipinski definition) is 0. The Hall–Kier alpha value is -1.72. The molecule has 23 heavy (non-hydrogen) atoms. The number of likely N-dealkylation sites (tertiary alicyclic amines) is 2. The van der Waals surface area contributed by atoms with E-state index in [1.54, 1.807) is 11.3 Å². The van der Waals surface area contributed by atoms with Crippen molar-refractivity contribution in [2.24, 2.45) is 0 Å². The average Bonchev–Trinajstić information content (AvgIpc) is 3.20. The number of aromatic nitrogens is 1. The SMILES string of the molecule is Cc1nc(CN2CCC23CCN(C(=O)c2ccccc2)C3)cs1. The Kier molecular flexibility index (Phi) is 3.70. The predicted octanol–water partition coefficient (Wildman–Crippen LogP) is 2.94. The van der Waals surface area contributed by atoms with Crippen molar-refractivity contribution in [1.82, 2.24) is 14.8 Å². The molecule has 2 aliphatic heterocycles. The van der Waals surface area contributed by atoms with E-state index in [0.717, 1.165) is 43.2 Å². The fourth-order valence-electron chi connectivity index (χ4n) is 3.76. The molecule has 0 saturated carbocycles. The van der Waals surface area contributed by atoms with E-state index in [4.69, 9.17) is 0 Å². The van der Waals surface area contributed by atoms with Crippen LogP contribution in [0.4, 0.5) is 0 Å². The van der Waals surface area contributed by atoms with Crippen LogP contribution in [0.15, 0.2) is 35.7 Å². The number of aryl methyl sites for hydroxylation is 1. The summed E-state index contributed by atoms with van der Waals surface area (Å²) < 4.78 is 0. The minimum absolute atomic E-state index is 0.166. The van der Waals surface area contributed by atoms with E-state index < -0.39 is 0 Å². The van der Waals surface area contributed by atoms with Gasteiger partial charge in [0.1, 0.15) is 0 Å². The highest BCUT2D eigenvalue weighted by Crippen LogP contribution is 2.40. The predicted molar refractivity (Wildman–Crippen MR) is 91.6 cm³/mol. The number of benzene rings is 1. The van der Waals surface area contributed by atoms with Gasteiger partial charge in [0, 0.05) is 42.7 Å². The van der Waals surface area contributed by atoms with Crippen LogP contribution in [0, 0.1) is 6.92 Å². The smallest absolute Gasteiger partial charge is 0.253 e. The van der Waals surface area contributed by atoms with Crippen molar-refractivity contribution in [3.8, 4) is 0 Å². The van der Waals surface area contributed by atoms with E-state index in [0.29, 0.717) is 0 Å². The third kappa shape index (κ3) is 2.68. The van der Waals surface area contributed by atoms with Crippen LogP contribution < -0.4 is 0 Å². The van der Waals surface area contributed by atoms with Crippen LogP contribution in [0.3, 0.4) is 0 Å². The first-order chi connectivity index (χ1) is 11.2.